The van der Waals surface area contributed by atoms with Crippen molar-refractivity contribution in [2.45, 2.75) is 136 Å². The van der Waals surface area contributed by atoms with E-state index in [4.69, 9.17) is 0 Å². The van der Waals surface area contributed by atoms with Crippen LogP contribution >= 0.6 is 0 Å². The van der Waals surface area contributed by atoms with Crippen LogP contribution in [0.5, 0.6) is 0 Å². The van der Waals surface area contributed by atoms with E-state index in [-0.39, 0.29) is 51.7 Å². The van der Waals surface area contributed by atoms with Crippen molar-refractivity contribution in [2.75, 3.05) is 0 Å². The van der Waals surface area contributed by atoms with E-state index in [2.05, 4.69) is 136 Å². The molecule has 5 N–H and O–H groups in total. The van der Waals surface area contributed by atoms with Crippen LogP contribution < -0.4 is 26.6 Å². The molecule has 3 fully saturated rings. The van der Waals surface area contributed by atoms with E-state index in [1.807, 2.05) is 18.3 Å². The Morgan fingerprint density at radius 2 is 1.00 bits per heavy atom. The zero-order valence-electron chi connectivity index (χ0n) is 37.4. The Bertz CT molecular complexity index is 2000. The molecule has 3 atom stereocenters. The van der Waals surface area contributed by atoms with Crippen LogP contribution in [0.3, 0.4) is 0 Å². The Hall–Kier alpha value is -5.98. The summed E-state index contributed by atoms with van der Waals surface area (Å²) < 4.78 is 0. The third-order valence-corrected chi connectivity index (χ3v) is 10.6. The Balaban J connectivity index is 0.000000202. The van der Waals surface area contributed by atoms with Crippen molar-refractivity contribution in [1.82, 2.24) is 41.5 Å². The summed E-state index contributed by atoms with van der Waals surface area (Å²) in [6.07, 6.45) is 10.3. The standard InChI is InChI=1S/2C16H21N3O2.C16H22N2O/c2*1-10-5-7-13(15(21)18-10)19-14(20)12-8-6-11(9-17-12)16(2,3)4;1-11-5-7-13(15(19)18-11)9-12-6-8-14(17-10-12)16(2,3)4/h2*6,8-9,13H,1,5,7H2,2-4H3,(H,18,21)(H,19,20);6,8,10,13H,1,5,7,9H2,2-4H3,(H,18,19). The molecule has 0 spiro atoms. The second kappa shape index (κ2) is 20.1. The highest BCUT2D eigenvalue weighted by molar-refractivity contribution is 5.97. The van der Waals surface area contributed by atoms with E-state index < -0.39 is 12.1 Å². The molecule has 0 bridgehead atoms. The summed E-state index contributed by atoms with van der Waals surface area (Å²) in [5.74, 6) is -0.952. The number of piperidine rings is 3. The van der Waals surface area contributed by atoms with Gasteiger partial charge < -0.3 is 26.6 Å². The number of nitrogens with zero attached hydrogens (tertiary/aromatic N) is 3. The van der Waals surface area contributed by atoms with Gasteiger partial charge in [-0.05, 0) is 90.7 Å². The lowest BCUT2D eigenvalue weighted by molar-refractivity contribution is -0.125. The Morgan fingerprint density at radius 3 is 1.33 bits per heavy atom. The maximum atomic E-state index is 12.1. The van der Waals surface area contributed by atoms with Crippen molar-refractivity contribution in [2.24, 2.45) is 5.92 Å². The predicted molar refractivity (Wildman–Crippen MR) is 238 cm³/mol. The van der Waals surface area contributed by atoms with Gasteiger partial charge in [0.2, 0.25) is 17.7 Å². The molecule has 3 aromatic rings. The second-order valence-corrected chi connectivity index (χ2v) is 19.0. The Labute approximate surface area is 361 Å². The van der Waals surface area contributed by atoms with Gasteiger partial charge in [-0.3, -0.25) is 38.9 Å². The zero-order chi connectivity index (χ0) is 45.3. The molecule has 61 heavy (non-hydrogen) atoms. The fourth-order valence-corrected chi connectivity index (χ4v) is 6.52. The quantitative estimate of drug-likeness (QED) is 0.180. The van der Waals surface area contributed by atoms with Crippen LogP contribution in [0.15, 0.2) is 91.8 Å². The minimum Gasteiger partial charge on any atom is -0.339 e. The first kappa shape index (κ1) is 47.7. The third-order valence-electron chi connectivity index (χ3n) is 10.6. The van der Waals surface area contributed by atoms with Gasteiger partial charge in [-0.1, -0.05) is 100 Å². The summed E-state index contributed by atoms with van der Waals surface area (Å²) in [6.45, 7) is 30.2. The summed E-state index contributed by atoms with van der Waals surface area (Å²) >= 11 is 0. The largest absolute Gasteiger partial charge is 0.339 e. The molecule has 3 aliphatic rings. The number of amides is 5. The number of carbonyl (C=O) groups is 5. The van der Waals surface area contributed by atoms with Gasteiger partial charge >= 0.3 is 0 Å². The van der Waals surface area contributed by atoms with Gasteiger partial charge in [0.25, 0.3) is 11.8 Å². The van der Waals surface area contributed by atoms with Gasteiger partial charge in [-0.2, -0.15) is 0 Å². The van der Waals surface area contributed by atoms with Crippen molar-refractivity contribution in [3.8, 4) is 0 Å². The molecule has 13 nitrogen and oxygen atoms in total. The topological polar surface area (TPSA) is 184 Å². The van der Waals surface area contributed by atoms with Crippen molar-refractivity contribution in [3.63, 3.8) is 0 Å². The van der Waals surface area contributed by atoms with Crippen molar-refractivity contribution < 1.29 is 24.0 Å². The fourth-order valence-electron chi connectivity index (χ4n) is 6.52. The molecule has 5 amide bonds. The molecule has 3 aliphatic heterocycles. The highest BCUT2D eigenvalue weighted by atomic mass is 16.2. The summed E-state index contributed by atoms with van der Waals surface area (Å²) in [6, 6.07) is 10.3. The molecule has 3 aromatic heterocycles. The van der Waals surface area contributed by atoms with Crippen LogP contribution in [0.4, 0.5) is 0 Å². The van der Waals surface area contributed by atoms with E-state index in [1.54, 1.807) is 24.5 Å². The number of hydrogen-bond acceptors (Lipinski definition) is 8. The van der Waals surface area contributed by atoms with Crippen LogP contribution in [0.1, 0.15) is 144 Å². The SMILES string of the molecule is C=C1CCC(Cc2ccc(C(C)(C)C)nc2)C(=O)N1.C=C1CCC(NC(=O)c2ccc(C(C)(C)C)cn2)C(=O)N1.C=C1CCC(NC(=O)c2ccc(C(C)(C)C)cn2)C(=O)N1. The Morgan fingerprint density at radius 1 is 0.574 bits per heavy atom. The van der Waals surface area contributed by atoms with E-state index in [1.165, 1.54) is 0 Å². The van der Waals surface area contributed by atoms with Gasteiger partial charge in [-0.15, -0.1) is 0 Å². The number of rotatable bonds is 6. The lowest BCUT2D eigenvalue weighted by Gasteiger charge is -2.24. The molecule has 13 heteroatoms. The molecule has 0 aromatic carbocycles. The molecule has 3 saturated heterocycles. The highest BCUT2D eigenvalue weighted by Crippen LogP contribution is 2.25. The van der Waals surface area contributed by atoms with E-state index in [0.29, 0.717) is 48.5 Å². The molecule has 0 aliphatic carbocycles. The minimum atomic E-state index is -0.521. The van der Waals surface area contributed by atoms with E-state index in [0.717, 1.165) is 47.3 Å². The van der Waals surface area contributed by atoms with Crippen molar-refractivity contribution >= 4 is 29.5 Å². The lowest BCUT2D eigenvalue weighted by atomic mass is 9.88. The normalized spacial score (nSPS) is 19.5. The highest BCUT2D eigenvalue weighted by Gasteiger charge is 2.28. The van der Waals surface area contributed by atoms with E-state index in [9.17, 15) is 24.0 Å². The maximum Gasteiger partial charge on any atom is 0.270 e. The van der Waals surface area contributed by atoms with Gasteiger partial charge in [0.05, 0.1) is 0 Å². The van der Waals surface area contributed by atoms with Crippen LogP contribution in [0, 0.1) is 5.92 Å². The summed E-state index contributed by atoms with van der Waals surface area (Å²) in [7, 11) is 0. The molecule has 326 valence electrons. The second-order valence-electron chi connectivity index (χ2n) is 19.0. The van der Waals surface area contributed by atoms with Gasteiger partial charge in [0.15, 0.2) is 0 Å². The molecule has 6 rings (SSSR count). The minimum absolute atomic E-state index is 0.00831. The average Bonchev–Trinajstić information content (AvgIpc) is 3.18. The predicted octanol–water partition coefficient (Wildman–Crippen LogP) is 6.76. The molecule has 0 saturated carbocycles. The Kier molecular flexibility index (Phi) is 15.7. The van der Waals surface area contributed by atoms with Crippen molar-refractivity contribution in [1.29, 1.82) is 0 Å². The zero-order valence-corrected chi connectivity index (χ0v) is 37.4. The van der Waals surface area contributed by atoms with Crippen LogP contribution in [0.25, 0.3) is 0 Å². The lowest BCUT2D eigenvalue weighted by Crippen LogP contribution is -2.49. The first-order valence-corrected chi connectivity index (χ1v) is 20.9. The van der Waals surface area contributed by atoms with Crippen LogP contribution in [-0.4, -0.2) is 56.6 Å². The van der Waals surface area contributed by atoms with Gasteiger partial charge in [0.1, 0.15) is 23.5 Å². The number of aromatic nitrogens is 3. The van der Waals surface area contributed by atoms with Crippen LogP contribution in [0.2, 0.25) is 0 Å². The van der Waals surface area contributed by atoms with E-state index >= 15 is 0 Å². The molecular weight excluding hydrogens is 769 g/mol. The molecule has 0 radical (unpaired) electrons. The number of hydrogen-bond donors (Lipinski definition) is 5. The number of allylic oxidation sites excluding steroid dienone is 3. The molecule has 6 heterocycles. The van der Waals surface area contributed by atoms with Gasteiger partial charge in [0, 0.05) is 52.7 Å². The van der Waals surface area contributed by atoms with Gasteiger partial charge in [-0.25, -0.2) is 0 Å². The first-order valence-electron chi connectivity index (χ1n) is 20.9. The monoisotopic (exact) mass is 832 g/mol. The molecule has 3 unspecified atom stereocenters. The third kappa shape index (κ3) is 14.3. The number of carbonyl (C=O) groups excluding carboxylic acids is 5. The number of pyridine rings is 3. The maximum absolute atomic E-state index is 12.1. The summed E-state index contributed by atoms with van der Waals surface area (Å²) in [4.78, 5) is 72.5. The van der Waals surface area contributed by atoms with Crippen molar-refractivity contribution in [3.05, 3.63) is 126 Å². The van der Waals surface area contributed by atoms with Crippen LogP contribution in [-0.2, 0) is 37.0 Å². The molecular formula is C48H64N8O5. The first-order chi connectivity index (χ1) is 28.4. The smallest absolute Gasteiger partial charge is 0.270 e. The fraction of sp³-hybridized carbons (Fsp3) is 0.458. The number of nitrogens with one attached hydrogen (secondary N) is 5. The summed E-state index contributed by atoms with van der Waals surface area (Å²) in [5, 5.41) is 13.5. The summed E-state index contributed by atoms with van der Waals surface area (Å²) in [5.41, 5.74) is 7.24. The average molecular weight is 833 g/mol.